The lowest BCUT2D eigenvalue weighted by molar-refractivity contribution is 0.539. The molecule has 9 heteroatoms. The van der Waals surface area contributed by atoms with Crippen molar-refractivity contribution in [1.29, 1.82) is 0 Å². The number of pyridine rings is 1. The molecule has 0 unspecified atom stereocenters. The lowest BCUT2D eigenvalue weighted by Gasteiger charge is -2.15. The Morgan fingerprint density at radius 2 is 1.72 bits per heavy atom. The van der Waals surface area contributed by atoms with Crippen LogP contribution in [-0.4, -0.2) is 23.0 Å². The highest BCUT2D eigenvalue weighted by Gasteiger charge is 2.23. The van der Waals surface area contributed by atoms with Gasteiger partial charge in [-0.25, -0.2) is 18.4 Å². The van der Waals surface area contributed by atoms with Crippen LogP contribution in [0, 0.1) is 0 Å². The third-order valence-corrected chi connectivity index (χ3v) is 7.35. The number of hydrogen-bond acceptors (Lipinski definition) is 6. The first-order valence-corrected chi connectivity index (χ1v) is 12.0. The molecule has 5 N–H and O–H groups in total. The molecule has 4 aromatic rings. The van der Waals surface area contributed by atoms with Crippen LogP contribution >= 0.6 is 0 Å². The Morgan fingerprint density at radius 3 is 2.47 bits per heavy atom. The molecule has 2 aromatic carbocycles. The van der Waals surface area contributed by atoms with E-state index >= 15 is 0 Å². The maximum Gasteiger partial charge on any atom is 0.265 e. The second kappa shape index (κ2) is 7.83. The molecule has 32 heavy (non-hydrogen) atoms. The van der Waals surface area contributed by atoms with E-state index in [0.717, 1.165) is 29.4 Å². The van der Waals surface area contributed by atoms with Gasteiger partial charge in [-0.3, -0.25) is 4.72 Å². The van der Waals surface area contributed by atoms with E-state index in [2.05, 4.69) is 19.3 Å². The molecule has 0 atom stereocenters. The van der Waals surface area contributed by atoms with Crippen molar-refractivity contribution in [3.8, 4) is 11.1 Å². The first-order valence-electron chi connectivity index (χ1n) is 10.5. The molecule has 2 aromatic heterocycles. The third-order valence-electron chi connectivity index (χ3n) is 5.94. The molecule has 0 amide bonds. The summed E-state index contributed by atoms with van der Waals surface area (Å²) >= 11 is 0. The molecule has 0 saturated heterocycles. The van der Waals surface area contributed by atoms with E-state index < -0.39 is 10.0 Å². The van der Waals surface area contributed by atoms with Gasteiger partial charge in [0.25, 0.3) is 10.0 Å². The molecule has 0 spiro atoms. The Morgan fingerprint density at radius 1 is 0.969 bits per heavy atom. The fourth-order valence-corrected chi connectivity index (χ4v) is 5.55. The largest absolute Gasteiger partial charge is 0.383 e. The summed E-state index contributed by atoms with van der Waals surface area (Å²) in [6.07, 6.45) is 6.10. The Kier molecular flexibility index (Phi) is 4.97. The Labute approximate surface area is 186 Å². The maximum atomic E-state index is 13.0. The number of benzene rings is 2. The van der Waals surface area contributed by atoms with Gasteiger partial charge in [0.15, 0.2) is 0 Å². The van der Waals surface area contributed by atoms with Crippen LogP contribution in [0.2, 0.25) is 0 Å². The van der Waals surface area contributed by atoms with Crippen molar-refractivity contribution in [2.45, 2.75) is 36.6 Å². The van der Waals surface area contributed by atoms with E-state index in [1.165, 1.54) is 12.8 Å². The number of aromatic nitrogens is 3. The number of imidazole rings is 1. The fourth-order valence-electron chi connectivity index (χ4n) is 4.38. The van der Waals surface area contributed by atoms with Crippen LogP contribution < -0.4 is 16.2 Å². The van der Waals surface area contributed by atoms with Gasteiger partial charge in [0, 0.05) is 23.5 Å². The highest BCUT2D eigenvalue weighted by Crippen LogP contribution is 2.36. The van der Waals surface area contributed by atoms with Crippen molar-refractivity contribution >= 4 is 38.5 Å². The molecule has 0 aliphatic heterocycles. The van der Waals surface area contributed by atoms with Crippen LogP contribution in [0.1, 0.15) is 31.7 Å². The minimum atomic E-state index is -3.91. The van der Waals surface area contributed by atoms with Crippen molar-refractivity contribution in [2.24, 2.45) is 0 Å². The standard InChI is InChI=1S/C23H24N6O2S/c24-22-21(32(30,31)28-17-6-2-1-3-7-17)13-16(14-26-22)15-10-11-19-20(12-15)29(23(25)27-19)18-8-4-5-9-18/h1-3,6-7,10-14,18,28H,4-5,8-9H2,(H2,24,26)(H2,25,27). The van der Waals surface area contributed by atoms with Gasteiger partial charge in [-0.05, 0) is 48.7 Å². The molecule has 1 fully saturated rings. The number of nitrogens with zero attached hydrogens (tertiary/aromatic N) is 3. The number of nitrogens with one attached hydrogen (secondary N) is 1. The summed E-state index contributed by atoms with van der Waals surface area (Å²) in [7, 11) is -3.91. The van der Waals surface area contributed by atoms with Crippen molar-refractivity contribution < 1.29 is 8.42 Å². The molecule has 2 heterocycles. The molecule has 164 valence electrons. The molecular formula is C23H24N6O2S. The normalized spacial score (nSPS) is 14.8. The van der Waals surface area contributed by atoms with E-state index in [0.29, 0.717) is 23.2 Å². The minimum absolute atomic E-state index is 0.0569. The fraction of sp³-hybridized carbons (Fsp3) is 0.217. The lowest BCUT2D eigenvalue weighted by Crippen LogP contribution is -2.15. The zero-order valence-corrected chi connectivity index (χ0v) is 18.2. The van der Waals surface area contributed by atoms with E-state index in [1.807, 2.05) is 24.3 Å². The highest BCUT2D eigenvalue weighted by atomic mass is 32.2. The summed E-state index contributed by atoms with van der Waals surface area (Å²) in [6, 6.07) is 16.3. The van der Waals surface area contributed by atoms with Crippen molar-refractivity contribution in [3.05, 3.63) is 60.8 Å². The summed E-state index contributed by atoms with van der Waals surface area (Å²) in [5.41, 5.74) is 15.9. The topological polar surface area (TPSA) is 129 Å². The molecule has 0 radical (unpaired) electrons. The SMILES string of the molecule is Nc1ncc(-c2ccc3nc(N)n(C4CCCC4)c3c2)cc1S(=O)(=O)Nc1ccccc1. The molecular weight excluding hydrogens is 424 g/mol. The van der Waals surface area contributed by atoms with Crippen LogP contribution in [0.5, 0.6) is 0 Å². The van der Waals surface area contributed by atoms with Gasteiger partial charge < -0.3 is 16.0 Å². The van der Waals surface area contributed by atoms with E-state index in [-0.39, 0.29) is 10.7 Å². The maximum absolute atomic E-state index is 13.0. The van der Waals surface area contributed by atoms with Gasteiger partial charge in [-0.2, -0.15) is 0 Å². The number of nitrogen functional groups attached to an aromatic ring is 2. The quantitative estimate of drug-likeness (QED) is 0.420. The van der Waals surface area contributed by atoms with Crippen LogP contribution in [-0.2, 0) is 10.0 Å². The van der Waals surface area contributed by atoms with Gasteiger partial charge in [0.2, 0.25) is 5.95 Å². The molecule has 5 rings (SSSR count). The van der Waals surface area contributed by atoms with Gasteiger partial charge >= 0.3 is 0 Å². The number of hydrogen-bond donors (Lipinski definition) is 3. The molecule has 1 aliphatic rings. The number of sulfonamides is 1. The second-order valence-electron chi connectivity index (χ2n) is 8.06. The minimum Gasteiger partial charge on any atom is -0.383 e. The average Bonchev–Trinajstić information content (AvgIpc) is 3.40. The van der Waals surface area contributed by atoms with Crippen molar-refractivity contribution in [1.82, 2.24) is 14.5 Å². The Balaban J connectivity index is 1.56. The van der Waals surface area contributed by atoms with Crippen LogP contribution in [0.4, 0.5) is 17.5 Å². The summed E-state index contributed by atoms with van der Waals surface area (Å²) in [6.45, 7) is 0. The highest BCUT2D eigenvalue weighted by molar-refractivity contribution is 7.92. The Bertz CT molecular complexity index is 1390. The van der Waals surface area contributed by atoms with Crippen LogP contribution in [0.3, 0.4) is 0 Å². The van der Waals surface area contributed by atoms with E-state index in [4.69, 9.17) is 11.5 Å². The monoisotopic (exact) mass is 448 g/mol. The molecule has 8 nitrogen and oxygen atoms in total. The summed E-state index contributed by atoms with van der Waals surface area (Å²) in [4.78, 5) is 8.60. The number of para-hydroxylation sites is 1. The summed E-state index contributed by atoms with van der Waals surface area (Å²) < 4.78 is 30.6. The predicted octanol–water partition coefficient (Wildman–Crippen LogP) is 4.18. The second-order valence-corrected chi connectivity index (χ2v) is 9.71. The lowest BCUT2D eigenvalue weighted by atomic mass is 10.1. The molecule has 1 saturated carbocycles. The van der Waals surface area contributed by atoms with Gasteiger partial charge in [0.1, 0.15) is 10.7 Å². The Hall–Kier alpha value is -3.59. The van der Waals surface area contributed by atoms with Crippen LogP contribution in [0.15, 0.2) is 65.7 Å². The number of fused-ring (bicyclic) bond motifs is 1. The summed E-state index contributed by atoms with van der Waals surface area (Å²) in [5.74, 6) is 0.452. The zero-order chi connectivity index (χ0) is 22.3. The van der Waals surface area contributed by atoms with Crippen molar-refractivity contribution in [2.75, 3.05) is 16.2 Å². The zero-order valence-electron chi connectivity index (χ0n) is 17.4. The van der Waals surface area contributed by atoms with Crippen LogP contribution in [0.25, 0.3) is 22.2 Å². The molecule has 0 bridgehead atoms. The number of nitrogens with two attached hydrogens (primary N) is 2. The smallest absolute Gasteiger partial charge is 0.265 e. The number of anilines is 3. The predicted molar refractivity (Wildman–Crippen MR) is 127 cm³/mol. The van der Waals surface area contributed by atoms with Gasteiger partial charge in [0.05, 0.1) is 11.0 Å². The molecule has 1 aliphatic carbocycles. The van der Waals surface area contributed by atoms with E-state index in [9.17, 15) is 8.42 Å². The van der Waals surface area contributed by atoms with Gasteiger partial charge in [-0.15, -0.1) is 0 Å². The van der Waals surface area contributed by atoms with Gasteiger partial charge in [-0.1, -0.05) is 37.1 Å². The third kappa shape index (κ3) is 3.64. The summed E-state index contributed by atoms with van der Waals surface area (Å²) in [5, 5.41) is 0. The number of rotatable bonds is 5. The average molecular weight is 449 g/mol. The first kappa shape index (κ1) is 20.3. The van der Waals surface area contributed by atoms with E-state index in [1.54, 1.807) is 36.5 Å². The van der Waals surface area contributed by atoms with Crippen molar-refractivity contribution in [3.63, 3.8) is 0 Å². The first-order chi connectivity index (χ1) is 15.4.